The van der Waals surface area contributed by atoms with Crippen molar-refractivity contribution in [1.29, 1.82) is 0 Å². The van der Waals surface area contributed by atoms with Gasteiger partial charge in [0.2, 0.25) is 5.43 Å². The summed E-state index contributed by atoms with van der Waals surface area (Å²) in [5, 5.41) is 7.71. The van der Waals surface area contributed by atoms with Crippen molar-refractivity contribution >= 4 is 10.9 Å². The second kappa shape index (κ2) is 4.60. The van der Waals surface area contributed by atoms with Crippen molar-refractivity contribution in [3.05, 3.63) is 63.4 Å². The number of rotatable bonds is 1. The lowest BCUT2D eigenvalue weighted by Gasteiger charge is -2.10. The molecule has 0 spiro atoms. The van der Waals surface area contributed by atoms with Crippen molar-refractivity contribution in [2.24, 2.45) is 0 Å². The Balaban J connectivity index is 2.42. The Kier molecular flexibility index (Phi) is 2.90. The van der Waals surface area contributed by atoms with Crippen LogP contribution in [0.5, 0.6) is 0 Å². The molecule has 0 fully saturated rings. The van der Waals surface area contributed by atoms with Gasteiger partial charge in [0.25, 0.3) is 0 Å². The molecule has 0 aliphatic rings. The van der Waals surface area contributed by atoms with Crippen LogP contribution in [0.2, 0.25) is 0 Å². The molecule has 0 aliphatic carbocycles. The smallest absolute Gasteiger partial charge is 0.211 e. The minimum atomic E-state index is -0.00525. The van der Waals surface area contributed by atoms with Crippen LogP contribution < -0.4 is 5.43 Å². The highest BCUT2D eigenvalue weighted by atomic mass is 16.1. The van der Waals surface area contributed by atoms with E-state index in [1.165, 1.54) is 11.1 Å². The third-order valence-electron chi connectivity index (χ3n) is 3.64. The summed E-state index contributed by atoms with van der Waals surface area (Å²) in [4.78, 5) is 12.4. The predicted octanol–water partition coefficient (Wildman–Crippen LogP) is 3.52. The van der Waals surface area contributed by atoms with Gasteiger partial charge in [-0.25, -0.2) is 0 Å². The van der Waals surface area contributed by atoms with Crippen molar-refractivity contribution in [1.82, 2.24) is 10.2 Å². The molecule has 3 aromatic rings. The maximum atomic E-state index is 12.4. The van der Waals surface area contributed by atoms with Gasteiger partial charge in [-0.3, -0.25) is 9.89 Å². The summed E-state index contributed by atoms with van der Waals surface area (Å²) in [7, 11) is 0. The highest BCUT2D eigenvalue weighted by Crippen LogP contribution is 2.28. The number of aromatic amines is 1. The van der Waals surface area contributed by atoms with Crippen LogP contribution in [0, 0.1) is 20.8 Å². The zero-order chi connectivity index (χ0) is 14.3. The van der Waals surface area contributed by atoms with Gasteiger partial charge in [0, 0.05) is 0 Å². The Morgan fingerprint density at radius 1 is 1.00 bits per heavy atom. The van der Waals surface area contributed by atoms with Gasteiger partial charge in [0.05, 0.1) is 10.9 Å². The number of H-pyrrole nitrogens is 1. The van der Waals surface area contributed by atoms with E-state index >= 15 is 0 Å². The number of nitrogens with one attached hydrogen (secondary N) is 1. The van der Waals surface area contributed by atoms with Gasteiger partial charge in [-0.1, -0.05) is 35.9 Å². The summed E-state index contributed by atoms with van der Waals surface area (Å²) in [6.45, 7) is 5.88. The van der Waals surface area contributed by atoms with E-state index in [9.17, 15) is 4.79 Å². The van der Waals surface area contributed by atoms with Crippen LogP contribution in [0.15, 0.2) is 41.2 Å². The van der Waals surface area contributed by atoms with Gasteiger partial charge in [0.1, 0.15) is 5.69 Å². The molecule has 0 unspecified atom stereocenters. The molecule has 1 heterocycles. The second-order valence-electron chi connectivity index (χ2n) is 5.18. The van der Waals surface area contributed by atoms with E-state index in [2.05, 4.69) is 42.2 Å². The largest absolute Gasteiger partial charge is 0.287 e. The third-order valence-corrected chi connectivity index (χ3v) is 3.64. The summed E-state index contributed by atoms with van der Waals surface area (Å²) in [6, 6.07) is 12.1. The molecule has 0 bridgehead atoms. The zero-order valence-corrected chi connectivity index (χ0v) is 11.8. The van der Waals surface area contributed by atoms with E-state index in [0.717, 1.165) is 16.6 Å². The molecule has 0 amide bonds. The number of aromatic nitrogens is 2. The Hall–Kier alpha value is -2.42. The molecular formula is C17H16N2O. The van der Waals surface area contributed by atoms with Gasteiger partial charge < -0.3 is 0 Å². The molecule has 3 heteroatoms. The quantitative estimate of drug-likeness (QED) is 0.731. The fourth-order valence-electron chi connectivity index (χ4n) is 2.61. The maximum Gasteiger partial charge on any atom is 0.211 e. The molecule has 1 aromatic heterocycles. The van der Waals surface area contributed by atoms with Gasteiger partial charge in [-0.05, 0) is 43.5 Å². The Labute approximate surface area is 117 Å². The molecule has 0 aliphatic heterocycles. The molecule has 3 nitrogen and oxygen atoms in total. The average molecular weight is 264 g/mol. The minimum Gasteiger partial charge on any atom is -0.287 e. The first kappa shape index (κ1) is 12.6. The van der Waals surface area contributed by atoms with Crippen molar-refractivity contribution in [3.8, 4) is 11.1 Å². The summed E-state index contributed by atoms with van der Waals surface area (Å²) in [5.74, 6) is 0. The van der Waals surface area contributed by atoms with E-state index in [4.69, 9.17) is 0 Å². The van der Waals surface area contributed by atoms with Crippen molar-refractivity contribution in [3.63, 3.8) is 0 Å². The Morgan fingerprint density at radius 2 is 1.80 bits per heavy atom. The van der Waals surface area contributed by atoms with Gasteiger partial charge >= 0.3 is 0 Å². The highest BCUT2D eigenvalue weighted by Gasteiger charge is 2.11. The van der Waals surface area contributed by atoms with Gasteiger partial charge in [0.15, 0.2) is 0 Å². The second-order valence-corrected chi connectivity index (χ2v) is 5.18. The topological polar surface area (TPSA) is 45.8 Å². The number of aryl methyl sites for hydroxylation is 3. The van der Waals surface area contributed by atoms with Crippen LogP contribution in [-0.2, 0) is 0 Å². The summed E-state index contributed by atoms with van der Waals surface area (Å²) >= 11 is 0. The van der Waals surface area contributed by atoms with Crippen molar-refractivity contribution in [2.45, 2.75) is 20.8 Å². The normalized spacial score (nSPS) is 10.9. The predicted molar refractivity (Wildman–Crippen MR) is 82.0 cm³/mol. The molecular weight excluding hydrogens is 248 g/mol. The Bertz CT molecular complexity index is 862. The Morgan fingerprint density at radius 3 is 2.55 bits per heavy atom. The maximum absolute atomic E-state index is 12.4. The standard InChI is InChI=1S/C17H16N2O/c1-10-7-8-13(11(2)9-10)14-5-4-6-15-16(14)17(20)12(3)18-19-15/h4-9H,1-3H3,(H,19,20). The lowest BCUT2D eigenvalue weighted by Crippen LogP contribution is -2.10. The molecule has 0 radical (unpaired) electrons. The van der Waals surface area contributed by atoms with Gasteiger partial charge in [-0.15, -0.1) is 0 Å². The van der Waals surface area contributed by atoms with E-state index in [-0.39, 0.29) is 5.43 Å². The van der Waals surface area contributed by atoms with Crippen molar-refractivity contribution < 1.29 is 0 Å². The summed E-state index contributed by atoms with van der Waals surface area (Å²) in [6.07, 6.45) is 0. The first-order valence-corrected chi connectivity index (χ1v) is 6.63. The molecule has 20 heavy (non-hydrogen) atoms. The number of fused-ring (bicyclic) bond motifs is 1. The molecule has 100 valence electrons. The SMILES string of the molecule is Cc1ccc(-c2cccc3[nH]nc(C)c(=O)c23)c(C)c1. The van der Waals surface area contributed by atoms with Crippen molar-refractivity contribution in [2.75, 3.05) is 0 Å². The van der Waals surface area contributed by atoms with Gasteiger partial charge in [-0.2, -0.15) is 5.10 Å². The molecule has 0 atom stereocenters. The van der Waals surface area contributed by atoms with Crippen LogP contribution in [0.25, 0.3) is 22.0 Å². The van der Waals surface area contributed by atoms with E-state index in [0.29, 0.717) is 11.1 Å². The fourth-order valence-corrected chi connectivity index (χ4v) is 2.61. The molecule has 0 saturated heterocycles. The van der Waals surface area contributed by atoms with E-state index in [1.54, 1.807) is 6.92 Å². The third kappa shape index (κ3) is 1.92. The van der Waals surface area contributed by atoms with Crippen LogP contribution in [0.3, 0.4) is 0 Å². The number of hydrogen-bond donors (Lipinski definition) is 1. The number of nitrogens with zero attached hydrogens (tertiary/aromatic N) is 1. The highest BCUT2D eigenvalue weighted by molar-refractivity contribution is 5.95. The number of benzene rings is 2. The minimum absolute atomic E-state index is 0.00525. The summed E-state index contributed by atoms with van der Waals surface area (Å²) in [5.41, 5.74) is 5.72. The zero-order valence-electron chi connectivity index (χ0n) is 11.8. The first-order valence-electron chi connectivity index (χ1n) is 6.63. The fraction of sp³-hybridized carbons (Fsp3) is 0.176. The van der Waals surface area contributed by atoms with Crippen LogP contribution >= 0.6 is 0 Å². The van der Waals surface area contributed by atoms with Crippen LogP contribution in [-0.4, -0.2) is 10.2 Å². The molecule has 3 rings (SSSR count). The monoisotopic (exact) mass is 264 g/mol. The summed E-state index contributed by atoms with van der Waals surface area (Å²) < 4.78 is 0. The van der Waals surface area contributed by atoms with E-state index in [1.807, 2.05) is 18.2 Å². The lowest BCUT2D eigenvalue weighted by molar-refractivity contribution is 1.00. The number of hydrogen-bond acceptors (Lipinski definition) is 2. The lowest BCUT2D eigenvalue weighted by atomic mass is 9.95. The molecule has 0 saturated carbocycles. The average Bonchev–Trinajstić information content (AvgIpc) is 2.43. The van der Waals surface area contributed by atoms with E-state index < -0.39 is 0 Å². The molecule has 2 aromatic carbocycles. The first-order chi connectivity index (χ1) is 9.58. The van der Waals surface area contributed by atoms with Crippen LogP contribution in [0.1, 0.15) is 16.8 Å². The molecule has 1 N–H and O–H groups in total. The van der Waals surface area contributed by atoms with Crippen LogP contribution in [0.4, 0.5) is 0 Å².